The van der Waals surface area contributed by atoms with Crippen LogP contribution in [0.5, 0.6) is 0 Å². The fourth-order valence-electron chi connectivity index (χ4n) is 1.94. The number of carbonyl (C=O) groups excluding carboxylic acids is 1. The molecule has 2 rings (SSSR count). The van der Waals surface area contributed by atoms with Gasteiger partial charge in [-0.3, -0.25) is 0 Å². The Morgan fingerprint density at radius 3 is 3.16 bits per heavy atom. The van der Waals surface area contributed by atoms with Gasteiger partial charge in [0.1, 0.15) is 5.82 Å². The van der Waals surface area contributed by atoms with Crippen LogP contribution in [-0.2, 0) is 4.74 Å². The van der Waals surface area contributed by atoms with Gasteiger partial charge in [0.15, 0.2) is 0 Å². The average molecular weight is 264 g/mol. The van der Waals surface area contributed by atoms with Crippen molar-refractivity contribution in [3.8, 4) is 0 Å². The molecule has 1 aromatic heterocycles. The van der Waals surface area contributed by atoms with Crippen LogP contribution in [0.25, 0.3) is 0 Å². The summed E-state index contributed by atoms with van der Waals surface area (Å²) in [5.41, 5.74) is 0. The molecule has 0 aromatic carbocycles. The van der Waals surface area contributed by atoms with Crippen LogP contribution >= 0.6 is 0 Å². The molecule has 0 radical (unpaired) electrons. The number of nitrogens with one attached hydrogen (secondary N) is 2. The summed E-state index contributed by atoms with van der Waals surface area (Å²) in [7, 11) is 0. The highest BCUT2D eigenvalue weighted by molar-refractivity contribution is 5.74. The van der Waals surface area contributed by atoms with Crippen LogP contribution in [0.1, 0.15) is 6.92 Å². The van der Waals surface area contributed by atoms with E-state index in [0.717, 1.165) is 5.82 Å². The normalized spacial score (nSPS) is 19.0. The molecule has 0 aliphatic carbocycles. The number of urea groups is 1. The van der Waals surface area contributed by atoms with E-state index in [1.807, 2.05) is 25.1 Å². The van der Waals surface area contributed by atoms with E-state index >= 15 is 0 Å². The Bertz CT molecular complexity index is 399. The Labute approximate surface area is 113 Å². The van der Waals surface area contributed by atoms with Crippen molar-refractivity contribution in [2.75, 3.05) is 38.1 Å². The Hall–Kier alpha value is -1.82. The van der Waals surface area contributed by atoms with Gasteiger partial charge in [-0.05, 0) is 19.1 Å². The fraction of sp³-hybridized carbons (Fsp3) is 0.538. The van der Waals surface area contributed by atoms with Gasteiger partial charge in [0.25, 0.3) is 0 Å². The molecule has 0 bridgehead atoms. The number of rotatable bonds is 4. The van der Waals surface area contributed by atoms with Crippen LogP contribution in [0.2, 0.25) is 0 Å². The van der Waals surface area contributed by atoms with E-state index in [4.69, 9.17) is 4.74 Å². The molecule has 2 heterocycles. The molecule has 19 heavy (non-hydrogen) atoms. The first-order valence-electron chi connectivity index (χ1n) is 6.55. The first kappa shape index (κ1) is 13.6. The topological polar surface area (TPSA) is 66.5 Å². The van der Waals surface area contributed by atoms with Crippen molar-refractivity contribution in [2.24, 2.45) is 0 Å². The number of aromatic nitrogens is 1. The Kier molecular flexibility index (Phi) is 4.97. The number of nitrogens with zero attached hydrogens (tertiary/aromatic N) is 2. The summed E-state index contributed by atoms with van der Waals surface area (Å²) in [4.78, 5) is 17.8. The number of hydrogen-bond acceptors (Lipinski definition) is 4. The van der Waals surface area contributed by atoms with Crippen molar-refractivity contribution in [2.45, 2.75) is 13.0 Å². The van der Waals surface area contributed by atoms with E-state index in [9.17, 15) is 4.79 Å². The molecule has 2 N–H and O–H groups in total. The van der Waals surface area contributed by atoms with Gasteiger partial charge < -0.3 is 20.3 Å². The summed E-state index contributed by atoms with van der Waals surface area (Å²) >= 11 is 0. The molecule has 1 fully saturated rings. The minimum absolute atomic E-state index is 0.0297. The van der Waals surface area contributed by atoms with E-state index in [1.165, 1.54) is 0 Å². The summed E-state index contributed by atoms with van der Waals surface area (Å²) in [6, 6.07) is 5.65. The van der Waals surface area contributed by atoms with Gasteiger partial charge >= 0.3 is 6.03 Å². The zero-order chi connectivity index (χ0) is 13.5. The largest absolute Gasteiger partial charge is 0.375 e. The molecule has 2 amide bonds. The minimum Gasteiger partial charge on any atom is -0.375 e. The highest BCUT2D eigenvalue weighted by atomic mass is 16.5. The Morgan fingerprint density at radius 2 is 2.42 bits per heavy atom. The van der Waals surface area contributed by atoms with Gasteiger partial charge in [0, 0.05) is 32.4 Å². The molecule has 1 aliphatic rings. The zero-order valence-corrected chi connectivity index (χ0v) is 11.1. The summed E-state index contributed by atoms with van der Waals surface area (Å²) in [6.45, 7) is 5.12. The van der Waals surface area contributed by atoms with E-state index < -0.39 is 0 Å². The molecule has 6 nitrogen and oxygen atoms in total. The quantitative estimate of drug-likeness (QED) is 0.794. The third kappa shape index (κ3) is 4.40. The van der Waals surface area contributed by atoms with E-state index in [-0.39, 0.29) is 12.1 Å². The summed E-state index contributed by atoms with van der Waals surface area (Å²) in [6.07, 6.45) is 1.85. The molecule has 104 valence electrons. The average Bonchev–Trinajstić information content (AvgIpc) is 2.44. The molecule has 1 saturated heterocycles. The van der Waals surface area contributed by atoms with E-state index in [0.29, 0.717) is 32.8 Å². The smallest absolute Gasteiger partial charge is 0.317 e. The maximum atomic E-state index is 11.9. The van der Waals surface area contributed by atoms with Crippen LogP contribution in [0.4, 0.5) is 10.6 Å². The fourth-order valence-corrected chi connectivity index (χ4v) is 1.94. The molecular weight excluding hydrogens is 244 g/mol. The maximum Gasteiger partial charge on any atom is 0.317 e. The van der Waals surface area contributed by atoms with Crippen LogP contribution in [0.15, 0.2) is 24.4 Å². The first-order chi connectivity index (χ1) is 9.25. The van der Waals surface area contributed by atoms with Crippen molar-refractivity contribution in [3.05, 3.63) is 24.4 Å². The van der Waals surface area contributed by atoms with E-state index in [2.05, 4.69) is 15.6 Å². The molecule has 6 heteroatoms. The highest BCUT2D eigenvalue weighted by Gasteiger charge is 2.20. The van der Waals surface area contributed by atoms with Crippen LogP contribution in [-0.4, -0.2) is 54.8 Å². The number of ether oxygens (including phenoxy) is 1. The second-order valence-electron chi connectivity index (χ2n) is 4.50. The molecule has 0 saturated carbocycles. The lowest BCUT2D eigenvalue weighted by Gasteiger charge is -2.31. The predicted molar refractivity (Wildman–Crippen MR) is 73.1 cm³/mol. The van der Waals surface area contributed by atoms with Crippen molar-refractivity contribution >= 4 is 11.8 Å². The lowest BCUT2D eigenvalue weighted by atomic mass is 10.3. The number of hydrogen-bond donors (Lipinski definition) is 2. The molecule has 1 aliphatic heterocycles. The molecule has 1 aromatic rings. The minimum atomic E-state index is -0.0297. The Morgan fingerprint density at radius 1 is 1.53 bits per heavy atom. The van der Waals surface area contributed by atoms with Crippen LogP contribution in [0.3, 0.4) is 0 Å². The second kappa shape index (κ2) is 6.94. The number of amides is 2. The first-order valence-corrected chi connectivity index (χ1v) is 6.55. The highest BCUT2D eigenvalue weighted by Crippen LogP contribution is 2.04. The van der Waals surface area contributed by atoms with E-state index in [1.54, 1.807) is 11.1 Å². The third-order valence-electron chi connectivity index (χ3n) is 2.90. The number of pyridine rings is 1. The summed E-state index contributed by atoms with van der Waals surface area (Å²) in [5, 5.41) is 6.03. The van der Waals surface area contributed by atoms with Gasteiger partial charge in [-0.15, -0.1) is 0 Å². The van der Waals surface area contributed by atoms with Gasteiger partial charge in [-0.25, -0.2) is 9.78 Å². The van der Waals surface area contributed by atoms with Crippen molar-refractivity contribution in [3.63, 3.8) is 0 Å². The standard InChI is InChI=1S/C13H20N4O2/c1-11-10-17(8-9-19-11)13(18)16-7-6-15-12-4-2-3-5-14-12/h2-5,11H,6-10H2,1H3,(H,14,15)(H,16,18). The lowest BCUT2D eigenvalue weighted by Crippen LogP contribution is -2.49. The molecule has 1 unspecified atom stereocenters. The molecule has 1 atom stereocenters. The van der Waals surface area contributed by atoms with Crippen molar-refractivity contribution < 1.29 is 9.53 Å². The number of morpholine rings is 1. The third-order valence-corrected chi connectivity index (χ3v) is 2.90. The summed E-state index contributed by atoms with van der Waals surface area (Å²) in [5.74, 6) is 0.816. The maximum absolute atomic E-state index is 11.9. The SMILES string of the molecule is CC1CN(C(=O)NCCNc2ccccn2)CCO1. The molecular formula is C13H20N4O2. The zero-order valence-electron chi connectivity index (χ0n) is 11.1. The van der Waals surface area contributed by atoms with Crippen molar-refractivity contribution in [1.29, 1.82) is 0 Å². The molecule has 0 spiro atoms. The van der Waals surface area contributed by atoms with Gasteiger partial charge in [-0.1, -0.05) is 6.07 Å². The van der Waals surface area contributed by atoms with Crippen LogP contribution < -0.4 is 10.6 Å². The van der Waals surface area contributed by atoms with Gasteiger partial charge in [-0.2, -0.15) is 0 Å². The number of carbonyl (C=O) groups is 1. The number of anilines is 1. The van der Waals surface area contributed by atoms with Crippen molar-refractivity contribution in [1.82, 2.24) is 15.2 Å². The van der Waals surface area contributed by atoms with Gasteiger partial charge in [0.05, 0.1) is 12.7 Å². The Balaban J connectivity index is 1.64. The van der Waals surface area contributed by atoms with Crippen LogP contribution in [0, 0.1) is 0 Å². The lowest BCUT2D eigenvalue weighted by molar-refractivity contribution is -0.00340. The summed E-state index contributed by atoms with van der Waals surface area (Å²) < 4.78 is 5.40. The monoisotopic (exact) mass is 264 g/mol. The second-order valence-corrected chi connectivity index (χ2v) is 4.50. The predicted octanol–water partition coefficient (Wildman–Crippen LogP) is 0.924. The van der Waals surface area contributed by atoms with Gasteiger partial charge in [0.2, 0.25) is 0 Å².